The molecule has 1 atom stereocenters. The summed E-state index contributed by atoms with van der Waals surface area (Å²) in [4.78, 5) is 70.8. The Morgan fingerprint density at radius 1 is 0.692 bits per heavy atom. The minimum Gasteiger partial charge on any atom is -0.422 e. The number of anilines is 2. The van der Waals surface area contributed by atoms with E-state index in [1.165, 1.54) is 17.0 Å². The van der Waals surface area contributed by atoms with E-state index in [4.69, 9.17) is 20.3 Å². The van der Waals surface area contributed by atoms with Crippen LogP contribution in [-0.4, -0.2) is 87.6 Å². The van der Waals surface area contributed by atoms with Gasteiger partial charge in [0.15, 0.2) is 0 Å². The quantitative estimate of drug-likeness (QED) is 0.0822. The van der Waals surface area contributed by atoms with Gasteiger partial charge in [-0.15, -0.1) is 0 Å². The summed E-state index contributed by atoms with van der Waals surface area (Å²) in [6.07, 6.45) is 1.78. The molecule has 0 fully saturated rings. The normalized spacial score (nSPS) is 11.7. The molecular formula is C38H51N7O7. The molecule has 0 saturated heterocycles. The predicted molar refractivity (Wildman–Crippen MR) is 204 cm³/mol. The Morgan fingerprint density at radius 2 is 1.13 bits per heavy atom. The van der Waals surface area contributed by atoms with E-state index in [1.807, 2.05) is 39.8 Å². The maximum absolute atomic E-state index is 13.4. The maximum Gasteiger partial charge on any atom is 0.349 e. The van der Waals surface area contributed by atoms with Gasteiger partial charge >= 0.3 is 11.3 Å². The minimum atomic E-state index is -0.819. The lowest BCUT2D eigenvalue weighted by Gasteiger charge is -2.26. The van der Waals surface area contributed by atoms with Gasteiger partial charge in [-0.1, -0.05) is 6.42 Å². The van der Waals surface area contributed by atoms with Crippen molar-refractivity contribution >= 4 is 51.0 Å². The van der Waals surface area contributed by atoms with E-state index in [9.17, 15) is 24.0 Å². The van der Waals surface area contributed by atoms with Crippen LogP contribution >= 0.6 is 0 Å². The van der Waals surface area contributed by atoms with Gasteiger partial charge < -0.3 is 45.6 Å². The lowest BCUT2D eigenvalue weighted by molar-refractivity contribution is -0.132. The molecule has 4 aromatic rings. The first-order chi connectivity index (χ1) is 25.0. The summed E-state index contributed by atoms with van der Waals surface area (Å²) in [5, 5.41) is 6.59. The van der Waals surface area contributed by atoms with Crippen molar-refractivity contribution in [3.63, 3.8) is 0 Å². The van der Waals surface area contributed by atoms with E-state index < -0.39 is 29.1 Å². The third-order valence-corrected chi connectivity index (χ3v) is 9.12. The smallest absolute Gasteiger partial charge is 0.349 e. The van der Waals surface area contributed by atoms with Crippen molar-refractivity contribution in [3.8, 4) is 0 Å². The standard InChI is InChI=1S/C38H51N7O7/c1-5-43(6-2)27-14-12-25-21-29(37(49)51-32(25)23-27)34(46)41-17-19-45(36(48)31(40)11-9-10-16-39)20-18-42-35(47)30-22-26-13-15-28(44(7-3)8-4)24-33(26)52-38(30)50/h12-15,21-24,31H,5-11,16-20,39-40H2,1-4H3,(H,41,46)(H,42,47). The van der Waals surface area contributed by atoms with E-state index in [0.717, 1.165) is 37.6 Å². The number of fused-ring (bicyclic) bond motifs is 2. The van der Waals surface area contributed by atoms with Gasteiger partial charge in [-0.3, -0.25) is 14.4 Å². The van der Waals surface area contributed by atoms with Crippen LogP contribution in [0.15, 0.2) is 67.0 Å². The Balaban J connectivity index is 1.42. The van der Waals surface area contributed by atoms with Crippen molar-refractivity contribution in [2.45, 2.75) is 53.0 Å². The minimum absolute atomic E-state index is 0.00381. The molecule has 6 N–H and O–H groups in total. The van der Waals surface area contributed by atoms with Crippen LogP contribution in [0.4, 0.5) is 11.4 Å². The van der Waals surface area contributed by atoms with E-state index >= 15 is 0 Å². The third-order valence-electron chi connectivity index (χ3n) is 9.12. The van der Waals surface area contributed by atoms with Crippen LogP contribution in [0.5, 0.6) is 0 Å². The predicted octanol–water partition coefficient (Wildman–Crippen LogP) is 3.04. The second kappa shape index (κ2) is 18.9. The molecule has 0 saturated carbocycles. The van der Waals surface area contributed by atoms with Crippen LogP contribution in [0, 0.1) is 0 Å². The molecule has 2 aromatic carbocycles. The SMILES string of the molecule is CCN(CC)c1ccc2cc(C(=O)NCCN(CCNC(=O)c3cc4ccc(N(CC)CC)cc4oc3=O)C(=O)C(N)CCCCN)c(=O)oc2c1. The van der Waals surface area contributed by atoms with Crippen molar-refractivity contribution in [2.24, 2.45) is 11.5 Å². The lowest BCUT2D eigenvalue weighted by atomic mass is 10.1. The number of nitrogens with two attached hydrogens (primary N) is 2. The number of amides is 3. The zero-order valence-corrected chi connectivity index (χ0v) is 30.5. The van der Waals surface area contributed by atoms with Crippen molar-refractivity contribution in [2.75, 3.05) is 68.7 Å². The van der Waals surface area contributed by atoms with E-state index in [0.29, 0.717) is 47.7 Å². The topological polar surface area (TPSA) is 197 Å². The molecule has 2 heterocycles. The van der Waals surface area contributed by atoms with Crippen LogP contribution in [0.1, 0.15) is 67.7 Å². The zero-order valence-electron chi connectivity index (χ0n) is 30.5. The monoisotopic (exact) mass is 717 g/mol. The molecule has 2 aromatic heterocycles. The average molecular weight is 718 g/mol. The molecule has 0 aliphatic rings. The summed E-state index contributed by atoms with van der Waals surface area (Å²) in [6.45, 7) is 11.8. The number of benzene rings is 2. The molecule has 4 rings (SSSR count). The lowest BCUT2D eigenvalue weighted by Crippen LogP contribution is -2.49. The van der Waals surface area contributed by atoms with Crippen LogP contribution < -0.4 is 43.2 Å². The highest BCUT2D eigenvalue weighted by Crippen LogP contribution is 2.23. The van der Waals surface area contributed by atoms with E-state index in [1.54, 1.807) is 24.3 Å². The maximum atomic E-state index is 13.4. The van der Waals surface area contributed by atoms with E-state index in [-0.39, 0.29) is 43.2 Å². The summed E-state index contributed by atoms with van der Waals surface area (Å²) >= 11 is 0. The Labute approximate surface area is 303 Å². The summed E-state index contributed by atoms with van der Waals surface area (Å²) in [5.41, 5.74) is 12.5. The van der Waals surface area contributed by atoms with Crippen molar-refractivity contribution in [3.05, 3.63) is 80.5 Å². The zero-order chi connectivity index (χ0) is 37.8. The first-order valence-electron chi connectivity index (χ1n) is 18.0. The summed E-state index contributed by atoms with van der Waals surface area (Å²) in [6, 6.07) is 13.1. The fourth-order valence-electron chi connectivity index (χ4n) is 6.09. The Hall–Kier alpha value is -5.21. The van der Waals surface area contributed by atoms with Crippen molar-refractivity contribution in [1.82, 2.24) is 15.5 Å². The fourth-order valence-corrected chi connectivity index (χ4v) is 6.09. The van der Waals surface area contributed by atoms with Crippen LogP contribution in [-0.2, 0) is 4.79 Å². The van der Waals surface area contributed by atoms with Gasteiger partial charge in [-0.05, 0) is 83.5 Å². The highest BCUT2D eigenvalue weighted by Gasteiger charge is 2.22. The van der Waals surface area contributed by atoms with Gasteiger partial charge in [0.25, 0.3) is 11.8 Å². The number of hydrogen-bond donors (Lipinski definition) is 4. The first kappa shape index (κ1) is 39.6. The largest absolute Gasteiger partial charge is 0.422 e. The van der Waals surface area contributed by atoms with E-state index in [2.05, 4.69) is 20.4 Å². The molecule has 280 valence electrons. The number of carbonyl (C=O) groups excluding carboxylic acids is 3. The number of unbranched alkanes of at least 4 members (excludes halogenated alkanes) is 1. The Kier molecular flexibility index (Phi) is 14.4. The molecule has 0 bridgehead atoms. The molecule has 14 heteroatoms. The molecule has 0 aliphatic heterocycles. The third kappa shape index (κ3) is 9.76. The molecule has 1 unspecified atom stereocenters. The number of hydrogen-bond acceptors (Lipinski definition) is 11. The van der Waals surface area contributed by atoms with Crippen molar-refractivity contribution in [1.29, 1.82) is 0 Å². The number of nitrogens with zero attached hydrogens (tertiary/aromatic N) is 3. The van der Waals surface area contributed by atoms with Crippen molar-refractivity contribution < 1.29 is 23.2 Å². The molecular weight excluding hydrogens is 666 g/mol. The van der Waals surface area contributed by atoms with Gasteiger partial charge in [0.05, 0.1) is 6.04 Å². The molecule has 52 heavy (non-hydrogen) atoms. The van der Waals surface area contributed by atoms with Crippen LogP contribution in [0.25, 0.3) is 21.9 Å². The molecule has 14 nitrogen and oxygen atoms in total. The highest BCUT2D eigenvalue weighted by molar-refractivity contribution is 5.98. The molecule has 3 amide bonds. The molecule has 0 spiro atoms. The molecule has 0 radical (unpaired) electrons. The van der Waals surface area contributed by atoms with Crippen LogP contribution in [0.3, 0.4) is 0 Å². The summed E-state index contributed by atoms with van der Waals surface area (Å²) in [5.74, 6) is -1.67. The van der Waals surface area contributed by atoms with Gasteiger partial charge in [0.2, 0.25) is 5.91 Å². The summed E-state index contributed by atoms with van der Waals surface area (Å²) in [7, 11) is 0. The number of rotatable bonds is 19. The summed E-state index contributed by atoms with van der Waals surface area (Å²) < 4.78 is 11.0. The second-order valence-electron chi connectivity index (χ2n) is 12.4. The number of nitrogens with one attached hydrogen (secondary N) is 2. The van der Waals surface area contributed by atoms with Crippen LogP contribution in [0.2, 0.25) is 0 Å². The fraction of sp³-hybridized carbons (Fsp3) is 0.447. The Morgan fingerprint density at radius 3 is 1.54 bits per heavy atom. The Bertz CT molecular complexity index is 1840. The molecule has 0 aliphatic carbocycles. The second-order valence-corrected chi connectivity index (χ2v) is 12.4. The van der Waals surface area contributed by atoms with Gasteiger partial charge in [0.1, 0.15) is 22.3 Å². The first-order valence-corrected chi connectivity index (χ1v) is 18.0. The highest BCUT2D eigenvalue weighted by atomic mass is 16.4. The van der Waals surface area contributed by atoms with Gasteiger partial charge in [0, 0.05) is 86.6 Å². The number of carbonyl (C=O) groups is 3. The van der Waals surface area contributed by atoms with Gasteiger partial charge in [-0.25, -0.2) is 9.59 Å². The van der Waals surface area contributed by atoms with Gasteiger partial charge in [-0.2, -0.15) is 0 Å². The average Bonchev–Trinajstić information content (AvgIpc) is 3.14.